The molecule has 2 heteroatoms. The highest BCUT2D eigenvalue weighted by molar-refractivity contribution is 5.37. The molecular formula is C13H17FO. The van der Waals surface area contributed by atoms with Crippen LogP contribution in [0.4, 0.5) is 4.39 Å². The van der Waals surface area contributed by atoms with Gasteiger partial charge in [0, 0.05) is 5.56 Å². The van der Waals surface area contributed by atoms with E-state index in [1.54, 1.807) is 19.2 Å². The summed E-state index contributed by atoms with van der Waals surface area (Å²) in [5.41, 5.74) is 0.930. The number of hydrogen-bond acceptors (Lipinski definition) is 1. The third-order valence-electron chi connectivity index (χ3n) is 2.58. The smallest absolute Gasteiger partial charge is 0.123 e. The Bertz CT molecular complexity index is 333. The quantitative estimate of drug-likeness (QED) is 0.667. The van der Waals surface area contributed by atoms with E-state index < -0.39 is 0 Å². The van der Waals surface area contributed by atoms with E-state index >= 15 is 0 Å². The zero-order valence-electron chi connectivity index (χ0n) is 9.29. The monoisotopic (exact) mass is 208 g/mol. The van der Waals surface area contributed by atoms with Crippen LogP contribution in [0.2, 0.25) is 0 Å². The lowest BCUT2D eigenvalue weighted by molar-refractivity contribution is 0.403. The fraction of sp³-hybridized carbons (Fsp3) is 0.385. The highest BCUT2D eigenvalue weighted by Gasteiger charge is 2.13. The number of ether oxygens (including phenoxy) is 1. The fourth-order valence-corrected chi connectivity index (χ4v) is 1.74. The van der Waals surface area contributed by atoms with Crippen LogP contribution in [0.3, 0.4) is 0 Å². The predicted molar refractivity (Wildman–Crippen MR) is 60.8 cm³/mol. The van der Waals surface area contributed by atoms with Gasteiger partial charge in [-0.15, -0.1) is 6.58 Å². The summed E-state index contributed by atoms with van der Waals surface area (Å²) in [5.74, 6) is 0.826. The van der Waals surface area contributed by atoms with Gasteiger partial charge in [0.1, 0.15) is 11.6 Å². The van der Waals surface area contributed by atoms with Crippen molar-refractivity contribution in [3.63, 3.8) is 0 Å². The molecule has 0 fully saturated rings. The molecule has 1 rings (SSSR count). The normalized spacial score (nSPS) is 12.2. The predicted octanol–water partition coefficient (Wildman–Crippen LogP) is 3.90. The van der Waals surface area contributed by atoms with E-state index in [0.717, 1.165) is 24.2 Å². The Hall–Kier alpha value is -1.31. The number of methoxy groups -OCH3 is 1. The molecule has 0 aliphatic heterocycles. The second-order valence-corrected chi connectivity index (χ2v) is 3.52. The lowest BCUT2D eigenvalue weighted by atomic mass is 9.92. The number of benzene rings is 1. The van der Waals surface area contributed by atoms with E-state index in [0.29, 0.717) is 0 Å². The van der Waals surface area contributed by atoms with Crippen LogP contribution in [-0.2, 0) is 0 Å². The minimum Gasteiger partial charge on any atom is -0.496 e. The van der Waals surface area contributed by atoms with Crippen LogP contribution in [0, 0.1) is 5.82 Å². The summed E-state index contributed by atoms with van der Waals surface area (Å²) >= 11 is 0. The molecule has 0 saturated heterocycles. The van der Waals surface area contributed by atoms with Crippen molar-refractivity contribution in [3.05, 3.63) is 42.2 Å². The van der Waals surface area contributed by atoms with E-state index in [4.69, 9.17) is 4.74 Å². The van der Waals surface area contributed by atoms with Gasteiger partial charge in [-0.05, 0) is 37.0 Å². The van der Waals surface area contributed by atoms with Gasteiger partial charge in [0.25, 0.3) is 0 Å². The van der Waals surface area contributed by atoms with Crippen molar-refractivity contribution in [2.24, 2.45) is 0 Å². The Balaban J connectivity index is 3.07. The molecule has 1 aromatic carbocycles. The first-order valence-electron chi connectivity index (χ1n) is 5.17. The van der Waals surface area contributed by atoms with Crippen molar-refractivity contribution in [1.82, 2.24) is 0 Å². The average molecular weight is 208 g/mol. The van der Waals surface area contributed by atoms with Gasteiger partial charge in [-0.25, -0.2) is 4.39 Å². The standard InChI is InChI=1S/C13H17FO/c1-4-6-10(5-2)12-9-11(14)7-8-13(12)15-3/h4,7-10H,1,5-6H2,2-3H3. The van der Waals surface area contributed by atoms with E-state index in [2.05, 4.69) is 13.5 Å². The van der Waals surface area contributed by atoms with Crippen LogP contribution in [0.25, 0.3) is 0 Å². The minimum absolute atomic E-state index is 0.215. The first kappa shape index (κ1) is 11.8. The highest BCUT2D eigenvalue weighted by Crippen LogP contribution is 2.32. The summed E-state index contributed by atoms with van der Waals surface area (Å²) < 4.78 is 18.4. The van der Waals surface area contributed by atoms with Gasteiger partial charge in [0.05, 0.1) is 7.11 Å². The lowest BCUT2D eigenvalue weighted by Crippen LogP contribution is -2.00. The molecule has 1 unspecified atom stereocenters. The molecule has 0 saturated carbocycles. The SMILES string of the molecule is C=CCC(CC)c1cc(F)ccc1OC. The molecule has 1 aromatic rings. The zero-order chi connectivity index (χ0) is 11.3. The second-order valence-electron chi connectivity index (χ2n) is 3.52. The largest absolute Gasteiger partial charge is 0.496 e. The number of hydrogen-bond donors (Lipinski definition) is 0. The molecule has 0 aliphatic carbocycles. The molecular weight excluding hydrogens is 191 g/mol. The van der Waals surface area contributed by atoms with Crippen LogP contribution in [0.1, 0.15) is 31.2 Å². The molecule has 0 aromatic heterocycles. The van der Waals surface area contributed by atoms with Gasteiger partial charge in [0.2, 0.25) is 0 Å². The van der Waals surface area contributed by atoms with Gasteiger partial charge in [-0.1, -0.05) is 13.0 Å². The van der Waals surface area contributed by atoms with Gasteiger partial charge in [0.15, 0.2) is 0 Å². The van der Waals surface area contributed by atoms with Gasteiger partial charge >= 0.3 is 0 Å². The van der Waals surface area contributed by atoms with Crippen LogP contribution in [-0.4, -0.2) is 7.11 Å². The third-order valence-corrected chi connectivity index (χ3v) is 2.58. The van der Waals surface area contributed by atoms with Crippen LogP contribution < -0.4 is 4.74 Å². The summed E-state index contributed by atoms with van der Waals surface area (Å²) in [6.45, 7) is 5.80. The highest BCUT2D eigenvalue weighted by atomic mass is 19.1. The number of rotatable bonds is 5. The van der Waals surface area contributed by atoms with Gasteiger partial charge < -0.3 is 4.74 Å². The average Bonchev–Trinajstić information content (AvgIpc) is 2.26. The minimum atomic E-state index is -0.215. The molecule has 0 amide bonds. The maximum absolute atomic E-state index is 13.1. The Labute approximate surface area is 90.6 Å². The van der Waals surface area contributed by atoms with Crippen molar-refractivity contribution in [3.8, 4) is 5.75 Å². The lowest BCUT2D eigenvalue weighted by Gasteiger charge is -2.16. The van der Waals surface area contributed by atoms with Crippen LogP contribution >= 0.6 is 0 Å². The van der Waals surface area contributed by atoms with Crippen molar-refractivity contribution < 1.29 is 9.13 Å². The van der Waals surface area contributed by atoms with E-state index in [9.17, 15) is 4.39 Å². The number of allylic oxidation sites excluding steroid dienone is 1. The molecule has 0 N–H and O–H groups in total. The topological polar surface area (TPSA) is 9.23 Å². The van der Waals surface area contributed by atoms with Crippen LogP contribution in [0.15, 0.2) is 30.9 Å². The maximum atomic E-state index is 13.1. The van der Waals surface area contributed by atoms with Gasteiger partial charge in [-0.3, -0.25) is 0 Å². The Morgan fingerprint density at radius 2 is 2.27 bits per heavy atom. The second kappa shape index (κ2) is 5.54. The molecule has 0 spiro atoms. The van der Waals surface area contributed by atoms with E-state index in [1.807, 2.05) is 6.08 Å². The summed E-state index contributed by atoms with van der Waals surface area (Å²) in [4.78, 5) is 0. The summed E-state index contributed by atoms with van der Waals surface area (Å²) in [6.07, 6.45) is 3.65. The molecule has 1 atom stereocenters. The van der Waals surface area contributed by atoms with Crippen LogP contribution in [0.5, 0.6) is 5.75 Å². The fourth-order valence-electron chi connectivity index (χ4n) is 1.74. The van der Waals surface area contributed by atoms with Crippen molar-refractivity contribution in [1.29, 1.82) is 0 Å². The van der Waals surface area contributed by atoms with Crippen molar-refractivity contribution in [2.75, 3.05) is 7.11 Å². The maximum Gasteiger partial charge on any atom is 0.123 e. The summed E-state index contributed by atoms with van der Waals surface area (Å²) in [7, 11) is 1.61. The van der Waals surface area contributed by atoms with Crippen molar-refractivity contribution in [2.45, 2.75) is 25.7 Å². The molecule has 0 heterocycles. The molecule has 0 bridgehead atoms. The molecule has 0 aliphatic rings. The Morgan fingerprint density at radius 1 is 1.53 bits per heavy atom. The first-order valence-corrected chi connectivity index (χ1v) is 5.17. The zero-order valence-corrected chi connectivity index (χ0v) is 9.29. The first-order chi connectivity index (χ1) is 7.22. The Kier molecular flexibility index (Phi) is 4.35. The number of halogens is 1. The third kappa shape index (κ3) is 2.82. The molecule has 0 radical (unpaired) electrons. The Morgan fingerprint density at radius 3 is 2.80 bits per heavy atom. The van der Waals surface area contributed by atoms with Gasteiger partial charge in [-0.2, -0.15) is 0 Å². The van der Waals surface area contributed by atoms with Crippen molar-refractivity contribution >= 4 is 0 Å². The van der Waals surface area contributed by atoms with E-state index in [-0.39, 0.29) is 11.7 Å². The molecule has 15 heavy (non-hydrogen) atoms. The molecule has 82 valence electrons. The molecule has 1 nitrogen and oxygen atoms in total. The summed E-state index contributed by atoms with van der Waals surface area (Å²) in [5, 5.41) is 0. The van der Waals surface area contributed by atoms with E-state index in [1.165, 1.54) is 6.07 Å². The summed E-state index contributed by atoms with van der Waals surface area (Å²) in [6, 6.07) is 4.65.